The lowest BCUT2D eigenvalue weighted by atomic mass is 10.1. The number of sulfonamides is 1. The highest BCUT2D eigenvalue weighted by molar-refractivity contribution is 7.88. The van der Waals surface area contributed by atoms with Gasteiger partial charge < -0.3 is 4.74 Å². The van der Waals surface area contributed by atoms with E-state index >= 15 is 0 Å². The Morgan fingerprint density at radius 2 is 1.91 bits per heavy atom. The normalized spacial score (nSPS) is 19.4. The van der Waals surface area contributed by atoms with E-state index in [-0.39, 0.29) is 18.6 Å². The summed E-state index contributed by atoms with van der Waals surface area (Å²) in [7, 11) is -3.36. The molecule has 116 valence electrons. The highest BCUT2D eigenvalue weighted by atomic mass is 32.2. The minimum Gasteiger partial charge on any atom is -0.356 e. The summed E-state index contributed by atoms with van der Waals surface area (Å²) in [5.41, 5.74) is 2.88. The van der Waals surface area contributed by atoms with Crippen LogP contribution in [0.5, 0.6) is 0 Å². The highest BCUT2D eigenvalue weighted by Gasteiger charge is 2.32. The first kappa shape index (κ1) is 15.2. The third-order valence-electron chi connectivity index (χ3n) is 3.79. The molecule has 1 saturated heterocycles. The molecule has 1 unspecified atom stereocenters. The summed E-state index contributed by atoms with van der Waals surface area (Å²) >= 11 is 0. The standard InChI is InChI=1S/C17H19NO3S/c1-14-6-5-7-15(10-14)12-22(19,20)18-11-17(21-13-18)16-8-3-2-4-9-16/h2-10,17H,11-13H2,1H3. The van der Waals surface area contributed by atoms with Crippen molar-refractivity contribution in [2.75, 3.05) is 13.3 Å². The minimum atomic E-state index is -3.36. The van der Waals surface area contributed by atoms with Crippen molar-refractivity contribution in [2.45, 2.75) is 18.8 Å². The fourth-order valence-electron chi connectivity index (χ4n) is 2.63. The summed E-state index contributed by atoms with van der Waals surface area (Å²) in [4.78, 5) is 0. The average Bonchev–Trinajstić information content (AvgIpc) is 2.98. The quantitative estimate of drug-likeness (QED) is 0.871. The minimum absolute atomic E-state index is 0.0134. The van der Waals surface area contributed by atoms with Gasteiger partial charge in [0, 0.05) is 6.54 Å². The predicted molar refractivity (Wildman–Crippen MR) is 85.6 cm³/mol. The molecule has 4 nitrogen and oxygen atoms in total. The lowest BCUT2D eigenvalue weighted by molar-refractivity contribution is 0.104. The maximum Gasteiger partial charge on any atom is 0.220 e. The Morgan fingerprint density at radius 3 is 2.64 bits per heavy atom. The van der Waals surface area contributed by atoms with E-state index in [4.69, 9.17) is 4.74 Å². The van der Waals surface area contributed by atoms with Crippen molar-refractivity contribution in [1.82, 2.24) is 4.31 Å². The Kier molecular flexibility index (Phi) is 4.29. The molecule has 0 saturated carbocycles. The summed E-state index contributed by atoms with van der Waals surface area (Å²) in [6.07, 6.45) is -0.187. The summed E-state index contributed by atoms with van der Waals surface area (Å²) in [6, 6.07) is 17.3. The number of nitrogens with zero attached hydrogens (tertiary/aromatic N) is 1. The number of benzene rings is 2. The van der Waals surface area contributed by atoms with Crippen molar-refractivity contribution in [3.05, 3.63) is 71.3 Å². The van der Waals surface area contributed by atoms with E-state index in [9.17, 15) is 8.42 Å². The first-order valence-electron chi connectivity index (χ1n) is 7.24. The molecular formula is C17H19NO3S. The molecule has 1 fully saturated rings. The molecule has 1 atom stereocenters. The van der Waals surface area contributed by atoms with Gasteiger partial charge in [-0.15, -0.1) is 0 Å². The second-order valence-electron chi connectivity index (χ2n) is 5.57. The summed E-state index contributed by atoms with van der Waals surface area (Å²) in [5.74, 6) is 0.0134. The molecule has 5 heteroatoms. The lowest BCUT2D eigenvalue weighted by Gasteiger charge is -2.14. The van der Waals surface area contributed by atoms with Gasteiger partial charge in [-0.2, -0.15) is 4.31 Å². The third-order valence-corrected chi connectivity index (χ3v) is 5.52. The first-order chi connectivity index (χ1) is 10.5. The molecule has 0 aromatic heterocycles. The van der Waals surface area contributed by atoms with E-state index in [1.807, 2.05) is 61.5 Å². The van der Waals surface area contributed by atoms with Gasteiger partial charge in [0.25, 0.3) is 0 Å². The van der Waals surface area contributed by atoms with Crippen LogP contribution in [-0.2, 0) is 20.5 Å². The predicted octanol–water partition coefficient (Wildman–Crippen LogP) is 2.86. The maximum atomic E-state index is 12.5. The van der Waals surface area contributed by atoms with Gasteiger partial charge in [-0.3, -0.25) is 0 Å². The van der Waals surface area contributed by atoms with E-state index in [1.54, 1.807) is 0 Å². The molecule has 1 heterocycles. The van der Waals surface area contributed by atoms with E-state index in [1.165, 1.54) is 4.31 Å². The SMILES string of the molecule is Cc1cccc(CS(=O)(=O)N2COC(c3ccccc3)C2)c1. The van der Waals surface area contributed by atoms with Crippen LogP contribution in [0.1, 0.15) is 22.8 Å². The van der Waals surface area contributed by atoms with Crippen LogP contribution < -0.4 is 0 Å². The first-order valence-corrected chi connectivity index (χ1v) is 8.85. The van der Waals surface area contributed by atoms with E-state index in [0.717, 1.165) is 16.7 Å². The fourth-order valence-corrected chi connectivity index (χ4v) is 4.00. The van der Waals surface area contributed by atoms with Crippen LogP contribution >= 0.6 is 0 Å². The van der Waals surface area contributed by atoms with Gasteiger partial charge >= 0.3 is 0 Å². The van der Waals surface area contributed by atoms with Gasteiger partial charge in [0.15, 0.2) is 0 Å². The highest BCUT2D eigenvalue weighted by Crippen LogP contribution is 2.27. The molecule has 0 bridgehead atoms. The molecule has 22 heavy (non-hydrogen) atoms. The fraction of sp³-hybridized carbons (Fsp3) is 0.294. The molecular weight excluding hydrogens is 298 g/mol. The van der Waals surface area contributed by atoms with Gasteiger partial charge in [0.1, 0.15) is 6.73 Å². The van der Waals surface area contributed by atoms with Crippen molar-refractivity contribution in [1.29, 1.82) is 0 Å². The van der Waals surface area contributed by atoms with Crippen molar-refractivity contribution in [3.8, 4) is 0 Å². The molecule has 2 aromatic carbocycles. The van der Waals surface area contributed by atoms with Crippen LogP contribution in [0, 0.1) is 6.92 Å². The molecule has 1 aliphatic rings. The Labute approximate surface area is 131 Å². The van der Waals surface area contributed by atoms with Crippen molar-refractivity contribution in [2.24, 2.45) is 0 Å². The van der Waals surface area contributed by atoms with Gasteiger partial charge in [-0.05, 0) is 18.1 Å². The number of hydrogen-bond donors (Lipinski definition) is 0. The van der Waals surface area contributed by atoms with Gasteiger partial charge in [-0.25, -0.2) is 8.42 Å². The molecule has 0 N–H and O–H groups in total. The van der Waals surface area contributed by atoms with Gasteiger partial charge in [0.2, 0.25) is 10.0 Å². The zero-order valence-electron chi connectivity index (χ0n) is 12.5. The topological polar surface area (TPSA) is 46.6 Å². The summed E-state index contributed by atoms with van der Waals surface area (Å²) in [6.45, 7) is 2.45. The smallest absolute Gasteiger partial charge is 0.220 e. The number of rotatable bonds is 4. The summed E-state index contributed by atoms with van der Waals surface area (Å²) in [5, 5.41) is 0. The molecule has 3 rings (SSSR count). The van der Waals surface area contributed by atoms with E-state index in [0.29, 0.717) is 6.54 Å². The van der Waals surface area contributed by atoms with Gasteiger partial charge in [0.05, 0.1) is 11.9 Å². The second kappa shape index (κ2) is 6.20. The van der Waals surface area contributed by atoms with Crippen LogP contribution in [0.3, 0.4) is 0 Å². The maximum absolute atomic E-state index is 12.5. The Hall–Kier alpha value is -1.69. The molecule has 0 spiro atoms. The zero-order valence-corrected chi connectivity index (χ0v) is 13.3. The third kappa shape index (κ3) is 3.38. The van der Waals surface area contributed by atoms with E-state index in [2.05, 4.69) is 0 Å². The monoisotopic (exact) mass is 317 g/mol. The molecule has 0 amide bonds. The average molecular weight is 317 g/mol. The Balaban J connectivity index is 1.71. The van der Waals surface area contributed by atoms with Crippen molar-refractivity contribution < 1.29 is 13.2 Å². The van der Waals surface area contributed by atoms with Crippen LogP contribution in [0.2, 0.25) is 0 Å². The molecule has 2 aromatic rings. The van der Waals surface area contributed by atoms with Crippen LogP contribution in [0.4, 0.5) is 0 Å². The number of aryl methyl sites for hydroxylation is 1. The second-order valence-corrected chi connectivity index (χ2v) is 7.54. The van der Waals surface area contributed by atoms with E-state index < -0.39 is 10.0 Å². The Bertz CT molecular complexity index is 744. The molecule has 0 radical (unpaired) electrons. The summed E-state index contributed by atoms with van der Waals surface area (Å²) < 4.78 is 32.1. The van der Waals surface area contributed by atoms with Gasteiger partial charge in [-0.1, -0.05) is 60.2 Å². The van der Waals surface area contributed by atoms with Crippen LogP contribution in [0.25, 0.3) is 0 Å². The Morgan fingerprint density at radius 1 is 1.14 bits per heavy atom. The molecule has 1 aliphatic heterocycles. The van der Waals surface area contributed by atoms with Crippen LogP contribution in [-0.4, -0.2) is 26.0 Å². The van der Waals surface area contributed by atoms with Crippen molar-refractivity contribution >= 4 is 10.0 Å². The zero-order chi connectivity index (χ0) is 15.6. The lowest BCUT2D eigenvalue weighted by Crippen LogP contribution is -2.30. The van der Waals surface area contributed by atoms with Crippen LogP contribution in [0.15, 0.2) is 54.6 Å². The largest absolute Gasteiger partial charge is 0.356 e. The molecule has 0 aliphatic carbocycles. The number of hydrogen-bond acceptors (Lipinski definition) is 3. The van der Waals surface area contributed by atoms with Crippen molar-refractivity contribution in [3.63, 3.8) is 0 Å². The number of ether oxygens (including phenoxy) is 1.